The van der Waals surface area contributed by atoms with Crippen molar-refractivity contribution >= 4 is 18.4 Å². The highest BCUT2D eigenvalue weighted by molar-refractivity contribution is 5.85. The van der Waals surface area contributed by atoms with Crippen LogP contribution in [-0.2, 0) is 12.4 Å². The molecule has 206 valence electrons. The average molecular weight is 556 g/mol. The minimum atomic E-state index is -4.99. The molecular formula is C25H29ClF7N3O. The number of nitrogens with zero attached hydrogens (tertiary/aromatic N) is 2. The van der Waals surface area contributed by atoms with Gasteiger partial charge in [0.1, 0.15) is 5.82 Å². The van der Waals surface area contributed by atoms with E-state index in [-0.39, 0.29) is 30.1 Å². The molecule has 37 heavy (non-hydrogen) atoms. The third-order valence-electron chi connectivity index (χ3n) is 6.82. The SMILES string of the molecule is CN[C@H]1CCN(C(=O)N(C)[C@H](C)c2cc(C(F)(F)F)cc(C(F)(F)F)c2)[C@@H](c2ccc(F)cc2C)C1.Cl. The predicted octanol–water partition coefficient (Wildman–Crippen LogP) is 7.13. The van der Waals surface area contributed by atoms with Gasteiger partial charge < -0.3 is 15.1 Å². The van der Waals surface area contributed by atoms with E-state index in [1.165, 1.54) is 26.1 Å². The molecule has 3 rings (SSSR count). The molecule has 2 aromatic rings. The molecule has 2 amide bonds. The van der Waals surface area contributed by atoms with Gasteiger partial charge in [-0.2, -0.15) is 26.3 Å². The molecule has 0 aromatic heterocycles. The number of likely N-dealkylation sites (tertiary alicyclic amines) is 1. The van der Waals surface area contributed by atoms with E-state index in [9.17, 15) is 35.5 Å². The van der Waals surface area contributed by atoms with Crippen molar-refractivity contribution in [1.82, 2.24) is 15.1 Å². The second-order valence-corrected chi connectivity index (χ2v) is 9.13. The van der Waals surface area contributed by atoms with E-state index in [1.54, 1.807) is 24.9 Å². The van der Waals surface area contributed by atoms with Crippen LogP contribution in [0.4, 0.5) is 35.5 Å². The number of rotatable bonds is 4. The Kier molecular flexibility index (Phi) is 9.51. The third kappa shape index (κ3) is 6.87. The van der Waals surface area contributed by atoms with Crippen molar-refractivity contribution in [3.8, 4) is 0 Å². The number of amides is 2. The molecular weight excluding hydrogens is 527 g/mol. The molecule has 12 heteroatoms. The summed E-state index contributed by atoms with van der Waals surface area (Å²) >= 11 is 0. The van der Waals surface area contributed by atoms with Crippen LogP contribution in [0.3, 0.4) is 0 Å². The van der Waals surface area contributed by atoms with E-state index >= 15 is 0 Å². The van der Waals surface area contributed by atoms with Crippen LogP contribution in [0.1, 0.15) is 59.7 Å². The summed E-state index contributed by atoms with van der Waals surface area (Å²) in [6.07, 6.45) is -8.86. The van der Waals surface area contributed by atoms with Gasteiger partial charge in [0, 0.05) is 19.6 Å². The number of hydrogen-bond acceptors (Lipinski definition) is 2. The summed E-state index contributed by atoms with van der Waals surface area (Å²) in [5.74, 6) is -0.425. The second-order valence-electron chi connectivity index (χ2n) is 9.13. The molecule has 3 atom stereocenters. The minimum absolute atomic E-state index is 0. The van der Waals surface area contributed by atoms with Gasteiger partial charge in [0.2, 0.25) is 0 Å². The highest BCUT2D eigenvalue weighted by atomic mass is 35.5. The van der Waals surface area contributed by atoms with Gasteiger partial charge in [-0.25, -0.2) is 9.18 Å². The standard InChI is InChI=1S/C25H28F7N3O.ClH/c1-14-9-19(26)5-6-21(14)22-13-20(33-3)7-8-35(22)23(36)34(4)15(2)16-10-17(24(27,28)29)12-18(11-16)25(30,31)32;/h5-6,9-12,15,20,22,33H,7-8,13H2,1-4H3;1H/t15-,20+,22-;/m1./s1. The lowest BCUT2D eigenvalue weighted by molar-refractivity contribution is -0.143. The molecule has 0 saturated carbocycles. The third-order valence-corrected chi connectivity index (χ3v) is 6.82. The topological polar surface area (TPSA) is 35.6 Å². The van der Waals surface area contributed by atoms with Crippen LogP contribution in [-0.4, -0.2) is 42.5 Å². The van der Waals surface area contributed by atoms with Crippen LogP contribution < -0.4 is 5.32 Å². The van der Waals surface area contributed by atoms with Gasteiger partial charge in [-0.15, -0.1) is 12.4 Å². The number of carbonyl (C=O) groups excluding carboxylic acids is 1. The lowest BCUT2D eigenvalue weighted by atomic mass is 9.89. The molecule has 0 radical (unpaired) electrons. The quantitative estimate of drug-likeness (QED) is 0.407. The number of halogens is 8. The van der Waals surface area contributed by atoms with E-state index in [4.69, 9.17) is 0 Å². The fourth-order valence-corrected chi connectivity index (χ4v) is 4.58. The molecule has 1 saturated heterocycles. The largest absolute Gasteiger partial charge is 0.416 e. The predicted molar refractivity (Wildman–Crippen MR) is 128 cm³/mol. The monoisotopic (exact) mass is 555 g/mol. The first-order valence-corrected chi connectivity index (χ1v) is 11.4. The first-order chi connectivity index (χ1) is 16.6. The van der Waals surface area contributed by atoms with Gasteiger partial charge in [0.25, 0.3) is 0 Å². The minimum Gasteiger partial charge on any atom is -0.321 e. The van der Waals surface area contributed by atoms with Gasteiger partial charge in [-0.3, -0.25) is 0 Å². The van der Waals surface area contributed by atoms with E-state index in [0.29, 0.717) is 37.1 Å². The van der Waals surface area contributed by atoms with Crippen molar-refractivity contribution in [3.05, 3.63) is 70.0 Å². The molecule has 0 unspecified atom stereocenters. The zero-order chi connectivity index (χ0) is 27.0. The lowest BCUT2D eigenvalue weighted by Crippen LogP contribution is -2.50. The van der Waals surface area contributed by atoms with E-state index < -0.39 is 47.4 Å². The molecule has 1 aliphatic heterocycles. The van der Waals surface area contributed by atoms with Crippen LogP contribution in [0.2, 0.25) is 0 Å². The molecule has 0 aliphatic carbocycles. The fraction of sp³-hybridized carbons (Fsp3) is 0.480. The van der Waals surface area contributed by atoms with Gasteiger partial charge >= 0.3 is 18.4 Å². The van der Waals surface area contributed by atoms with Crippen LogP contribution in [0, 0.1) is 12.7 Å². The Morgan fingerprint density at radius 1 is 1.05 bits per heavy atom. The van der Waals surface area contributed by atoms with Crippen molar-refractivity contribution in [3.63, 3.8) is 0 Å². The maximum Gasteiger partial charge on any atom is 0.416 e. The highest BCUT2D eigenvalue weighted by Gasteiger charge is 2.39. The van der Waals surface area contributed by atoms with Crippen molar-refractivity contribution in [2.45, 2.75) is 57.2 Å². The molecule has 0 spiro atoms. The summed E-state index contributed by atoms with van der Waals surface area (Å²) in [6, 6.07) is 3.57. The maximum absolute atomic E-state index is 13.7. The summed E-state index contributed by atoms with van der Waals surface area (Å²) in [5.41, 5.74) is -1.79. The Bertz CT molecular complexity index is 1070. The Balaban J connectivity index is 0.00000481. The molecule has 1 fully saturated rings. The number of benzene rings is 2. The first kappa shape index (κ1) is 30.7. The van der Waals surface area contributed by atoms with Crippen LogP contribution in [0.25, 0.3) is 0 Å². The number of nitrogens with one attached hydrogen (secondary N) is 1. The molecule has 0 bridgehead atoms. The van der Waals surface area contributed by atoms with Gasteiger partial charge in [-0.05, 0) is 80.8 Å². The van der Waals surface area contributed by atoms with Crippen molar-refractivity contribution < 1.29 is 35.5 Å². The Morgan fingerprint density at radius 2 is 1.62 bits per heavy atom. The number of carbonyl (C=O) groups is 1. The lowest BCUT2D eigenvalue weighted by Gasteiger charge is -2.43. The molecule has 4 nitrogen and oxygen atoms in total. The Labute approximate surface area is 217 Å². The first-order valence-electron chi connectivity index (χ1n) is 11.4. The average Bonchev–Trinajstić information content (AvgIpc) is 2.81. The van der Waals surface area contributed by atoms with Crippen LogP contribution in [0.5, 0.6) is 0 Å². The number of alkyl halides is 6. The van der Waals surface area contributed by atoms with E-state index in [0.717, 1.165) is 10.5 Å². The normalized spacial score (nSPS) is 19.3. The van der Waals surface area contributed by atoms with E-state index in [1.807, 2.05) is 0 Å². The summed E-state index contributed by atoms with van der Waals surface area (Å²) in [6.45, 7) is 3.41. The Hall–Kier alpha value is -2.53. The van der Waals surface area contributed by atoms with Crippen molar-refractivity contribution in [1.29, 1.82) is 0 Å². The van der Waals surface area contributed by atoms with Crippen LogP contribution >= 0.6 is 12.4 Å². The molecule has 2 aromatic carbocycles. The second kappa shape index (κ2) is 11.5. The number of aryl methyl sites for hydroxylation is 1. The number of piperidine rings is 1. The number of hydrogen-bond donors (Lipinski definition) is 1. The smallest absolute Gasteiger partial charge is 0.321 e. The fourth-order valence-electron chi connectivity index (χ4n) is 4.58. The van der Waals surface area contributed by atoms with Gasteiger partial charge in [-0.1, -0.05) is 6.07 Å². The van der Waals surface area contributed by atoms with Gasteiger partial charge in [0.05, 0.1) is 23.2 Å². The van der Waals surface area contributed by atoms with Crippen molar-refractivity contribution in [2.24, 2.45) is 0 Å². The molecule has 1 aliphatic rings. The zero-order valence-electron chi connectivity index (χ0n) is 20.7. The Morgan fingerprint density at radius 3 is 2.11 bits per heavy atom. The number of urea groups is 1. The van der Waals surface area contributed by atoms with Crippen LogP contribution in [0.15, 0.2) is 36.4 Å². The highest BCUT2D eigenvalue weighted by Crippen LogP contribution is 2.39. The van der Waals surface area contributed by atoms with Gasteiger partial charge in [0.15, 0.2) is 0 Å². The molecule has 1 N–H and O–H groups in total. The summed E-state index contributed by atoms with van der Waals surface area (Å²) < 4.78 is 93.7. The summed E-state index contributed by atoms with van der Waals surface area (Å²) in [5, 5.41) is 3.17. The molecule has 1 heterocycles. The van der Waals surface area contributed by atoms with E-state index in [2.05, 4.69) is 5.32 Å². The zero-order valence-corrected chi connectivity index (χ0v) is 21.5. The summed E-state index contributed by atoms with van der Waals surface area (Å²) in [7, 11) is 3.13. The summed E-state index contributed by atoms with van der Waals surface area (Å²) in [4.78, 5) is 16.2. The van der Waals surface area contributed by atoms with Crippen molar-refractivity contribution in [2.75, 3.05) is 20.6 Å². The maximum atomic E-state index is 13.7.